The van der Waals surface area contributed by atoms with Gasteiger partial charge in [0.15, 0.2) is 0 Å². The number of fused-ring (bicyclic) bond motifs is 1. The van der Waals surface area contributed by atoms with Gasteiger partial charge in [0.05, 0.1) is 16.9 Å². The molecule has 0 aliphatic carbocycles. The quantitative estimate of drug-likeness (QED) is 0.780. The van der Waals surface area contributed by atoms with E-state index in [-0.39, 0.29) is 22.6 Å². The van der Waals surface area contributed by atoms with Gasteiger partial charge in [0.2, 0.25) is 5.28 Å². The van der Waals surface area contributed by atoms with E-state index in [0.29, 0.717) is 10.9 Å². The number of rotatable bonds is 1. The molecule has 1 aromatic carbocycles. The zero-order valence-corrected chi connectivity index (χ0v) is 11.0. The zero-order valence-electron chi connectivity index (χ0n) is 10.3. The lowest BCUT2D eigenvalue weighted by Gasteiger charge is -2.25. The Bertz CT molecular complexity index is 677. The molecule has 1 aliphatic heterocycles. The van der Waals surface area contributed by atoms with Crippen LogP contribution in [-0.4, -0.2) is 27.7 Å². The number of halogens is 1. The molecule has 2 N–H and O–H groups in total. The minimum Gasteiger partial charge on any atom is -0.508 e. The highest BCUT2D eigenvalue weighted by Gasteiger charge is 2.20. The van der Waals surface area contributed by atoms with Crippen molar-refractivity contribution in [2.45, 2.75) is 18.9 Å². The summed E-state index contributed by atoms with van der Waals surface area (Å²) in [5.74, 6) is 0.0764. The lowest BCUT2D eigenvalue weighted by Crippen LogP contribution is -2.37. The molecule has 3 rings (SSSR count). The average Bonchev–Trinajstić information content (AvgIpc) is 2.39. The number of hydrogen-bond acceptors (Lipinski definition) is 4. The van der Waals surface area contributed by atoms with Gasteiger partial charge >= 0.3 is 0 Å². The summed E-state index contributed by atoms with van der Waals surface area (Å²) in [4.78, 5) is 16.7. The first-order valence-corrected chi connectivity index (χ1v) is 6.66. The molecule has 0 bridgehead atoms. The van der Waals surface area contributed by atoms with Crippen molar-refractivity contribution in [2.24, 2.45) is 0 Å². The molecular formula is C13H14ClN3O2. The van der Waals surface area contributed by atoms with Crippen LogP contribution in [0.2, 0.25) is 5.28 Å². The molecule has 0 saturated carbocycles. The molecule has 1 saturated heterocycles. The third-order valence-electron chi connectivity index (χ3n) is 3.48. The van der Waals surface area contributed by atoms with Gasteiger partial charge in [-0.25, -0.2) is 4.98 Å². The Labute approximate surface area is 114 Å². The summed E-state index contributed by atoms with van der Waals surface area (Å²) in [5, 5.41) is 13.3. The Hall–Kier alpha value is -1.59. The molecule has 19 heavy (non-hydrogen) atoms. The lowest BCUT2D eigenvalue weighted by atomic mass is 10.1. The van der Waals surface area contributed by atoms with E-state index >= 15 is 0 Å². The fourth-order valence-corrected chi connectivity index (χ4v) is 2.84. The van der Waals surface area contributed by atoms with Crippen LogP contribution < -0.4 is 10.9 Å². The number of aromatic nitrogens is 2. The molecule has 1 atom stereocenters. The van der Waals surface area contributed by atoms with Crippen molar-refractivity contribution in [1.82, 2.24) is 14.9 Å². The van der Waals surface area contributed by atoms with E-state index in [2.05, 4.69) is 10.3 Å². The predicted octanol–water partition coefficient (Wildman–Crippen LogP) is 1.68. The summed E-state index contributed by atoms with van der Waals surface area (Å²) in [7, 11) is 0. The van der Waals surface area contributed by atoms with Crippen molar-refractivity contribution in [3.05, 3.63) is 33.8 Å². The molecule has 0 radical (unpaired) electrons. The van der Waals surface area contributed by atoms with Crippen molar-refractivity contribution < 1.29 is 5.11 Å². The van der Waals surface area contributed by atoms with Gasteiger partial charge in [-0.15, -0.1) is 0 Å². The predicted molar refractivity (Wildman–Crippen MR) is 73.8 cm³/mol. The molecule has 2 heterocycles. The number of nitrogens with zero attached hydrogens (tertiary/aromatic N) is 2. The summed E-state index contributed by atoms with van der Waals surface area (Å²) in [6.07, 6.45) is 1.93. The number of hydrogen-bond donors (Lipinski definition) is 2. The van der Waals surface area contributed by atoms with Crippen LogP contribution in [0.15, 0.2) is 23.0 Å². The molecular weight excluding hydrogens is 266 g/mol. The molecule has 0 spiro atoms. The lowest BCUT2D eigenvalue weighted by molar-refractivity contribution is 0.363. The van der Waals surface area contributed by atoms with Crippen molar-refractivity contribution in [2.75, 3.05) is 13.1 Å². The standard InChI is InChI=1S/C13H14ClN3O2/c14-13-16-11-6-9(18)3-4-10(11)12(19)17(13)8-2-1-5-15-7-8/h3-4,6,8,15,18H,1-2,5,7H2. The highest BCUT2D eigenvalue weighted by Crippen LogP contribution is 2.22. The number of phenols is 1. The van der Waals surface area contributed by atoms with Crippen LogP contribution in [0.3, 0.4) is 0 Å². The fourth-order valence-electron chi connectivity index (χ4n) is 2.53. The third-order valence-corrected chi connectivity index (χ3v) is 3.74. The second kappa shape index (κ2) is 4.83. The van der Waals surface area contributed by atoms with Crippen LogP contribution in [0.4, 0.5) is 0 Å². The first kappa shape index (κ1) is 12.4. The SMILES string of the molecule is O=c1c2ccc(O)cc2nc(Cl)n1C1CCCNC1. The summed E-state index contributed by atoms with van der Waals surface area (Å²) < 4.78 is 1.55. The van der Waals surface area contributed by atoms with Gasteiger partial charge in [-0.05, 0) is 43.1 Å². The number of piperidine rings is 1. The Balaban J connectivity index is 2.19. The topological polar surface area (TPSA) is 67.1 Å². The summed E-state index contributed by atoms with van der Waals surface area (Å²) >= 11 is 6.14. The third kappa shape index (κ3) is 2.19. The normalized spacial score (nSPS) is 19.7. The zero-order chi connectivity index (χ0) is 13.4. The smallest absolute Gasteiger partial charge is 0.262 e. The molecule has 100 valence electrons. The first-order chi connectivity index (χ1) is 9.16. The summed E-state index contributed by atoms with van der Waals surface area (Å²) in [6, 6.07) is 4.57. The van der Waals surface area contributed by atoms with E-state index < -0.39 is 0 Å². The fraction of sp³-hybridized carbons (Fsp3) is 0.385. The van der Waals surface area contributed by atoms with Gasteiger partial charge in [-0.2, -0.15) is 0 Å². The maximum Gasteiger partial charge on any atom is 0.262 e. The van der Waals surface area contributed by atoms with Gasteiger partial charge in [0.25, 0.3) is 5.56 Å². The van der Waals surface area contributed by atoms with E-state index in [1.54, 1.807) is 10.6 Å². The van der Waals surface area contributed by atoms with E-state index in [9.17, 15) is 9.90 Å². The van der Waals surface area contributed by atoms with Crippen LogP contribution in [-0.2, 0) is 0 Å². The maximum absolute atomic E-state index is 12.5. The van der Waals surface area contributed by atoms with Gasteiger partial charge in [0.1, 0.15) is 5.75 Å². The average molecular weight is 280 g/mol. The second-order valence-corrected chi connectivity index (χ2v) is 5.10. The highest BCUT2D eigenvalue weighted by atomic mass is 35.5. The number of benzene rings is 1. The van der Waals surface area contributed by atoms with E-state index in [1.165, 1.54) is 12.1 Å². The van der Waals surface area contributed by atoms with Crippen LogP contribution in [0, 0.1) is 0 Å². The van der Waals surface area contributed by atoms with Crippen LogP contribution in [0.25, 0.3) is 10.9 Å². The van der Waals surface area contributed by atoms with E-state index in [1.807, 2.05) is 0 Å². The Morgan fingerprint density at radius 1 is 1.47 bits per heavy atom. The van der Waals surface area contributed by atoms with Crippen molar-refractivity contribution in [3.63, 3.8) is 0 Å². The van der Waals surface area contributed by atoms with Gasteiger partial charge < -0.3 is 10.4 Å². The molecule has 1 aliphatic rings. The Morgan fingerprint density at radius 2 is 2.32 bits per heavy atom. The largest absolute Gasteiger partial charge is 0.508 e. The molecule has 1 aromatic heterocycles. The summed E-state index contributed by atoms with van der Waals surface area (Å²) in [5.41, 5.74) is 0.277. The maximum atomic E-state index is 12.5. The van der Waals surface area contributed by atoms with E-state index in [0.717, 1.165) is 25.9 Å². The van der Waals surface area contributed by atoms with Crippen molar-refractivity contribution in [3.8, 4) is 5.75 Å². The molecule has 1 unspecified atom stereocenters. The van der Waals surface area contributed by atoms with Gasteiger partial charge in [-0.3, -0.25) is 9.36 Å². The minimum atomic E-state index is -0.149. The first-order valence-electron chi connectivity index (χ1n) is 6.28. The summed E-state index contributed by atoms with van der Waals surface area (Å²) in [6.45, 7) is 1.70. The van der Waals surface area contributed by atoms with Crippen LogP contribution >= 0.6 is 11.6 Å². The van der Waals surface area contributed by atoms with Crippen molar-refractivity contribution in [1.29, 1.82) is 0 Å². The molecule has 5 nitrogen and oxygen atoms in total. The number of aromatic hydroxyl groups is 1. The number of phenolic OH excluding ortho intramolecular Hbond substituents is 1. The Morgan fingerprint density at radius 3 is 3.05 bits per heavy atom. The van der Waals surface area contributed by atoms with E-state index in [4.69, 9.17) is 11.6 Å². The second-order valence-electron chi connectivity index (χ2n) is 4.76. The molecule has 1 fully saturated rings. The van der Waals surface area contributed by atoms with Crippen LogP contribution in [0.1, 0.15) is 18.9 Å². The molecule has 6 heteroatoms. The number of nitrogens with one attached hydrogen (secondary N) is 1. The highest BCUT2D eigenvalue weighted by molar-refractivity contribution is 6.28. The van der Waals surface area contributed by atoms with Gasteiger partial charge in [0, 0.05) is 12.6 Å². The van der Waals surface area contributed by atoms with Crippen LogP contribution in [0.5, 0.6) is 5.75 Å². The Kier molecular flexibility index (Phi) is 3.16. The minimum absolute atomic E-state index is 0.0412. The molecule has 2 aromatic rings. The monoisotopic (exact) mass is 279 g/mol. The molecule has 0 amide bonds. The van der Waals surface area contributed by atoms with Crippen molar-refractivity contribution >= 4 is 22.5 Å². The van der Waals surface area contributed by atoms with Gasteiger partial charge in [-0.1, -0.05) is 0 Å².